The first-order valence-electron chi connectivity index (χ1n) is 8.34. The Labute approximate surface area is 157 Å². The number of rotatable bonds is 5. The van der Waals surface area contributed by atoms with Crippen LogP contribution in [0, 0.1) is 11.3 Å². The number of carbonyl (C=O) groups is 1. The highest BCUT2D eigenvalue weighted by atomic mass is 16.5. The van der Waals surface area contributed by atoms with Crippen molar-refractivity contribution in [3.8, 4) is 17.6 Å². The van der Waals surface area contributed by atoms with Gasteiger partial charge in [-0.1, -0.05) is 42.5 Å². The lowest BCUT2D eigenvalue weighted by Gasteiger charge is -2.08. The molecule has 0 saturated carbocycles. The van der Waals surface area contributed by atoms with Crippen LogP contribution < -0.4 is 9.47 Å². The summed E-state index contributed by atoms with van der Waals surface area (Å²) in [6.07, 6.45) is 1.73. The van der Waals surface area contributed by atoms with Crippen LogP contribution in [0.15, 0.2) is 78.9 Å². The number of hydrogen-bond acceptors (Lipinski definition) is 4. The van der Waals surface area contributed by atoms with Gasteiger partial charge < -0.3 is 9.47 Å². The average molecular weight is 355 g/mol. The van der Waals surface area contributed by atoms with Gasteiger partial charge in [0.1, 0.15) is 11.5 Å². The minimum Gasteiger partial charge on any atom is -0.496 e. The number of allylic oxidation sites excluding steroid dienone is 1. The maximum Gasteiger partial charge on any atom is 0.343 e. The average Bonchev–Trinajstić information content (AvgIpc) is 2.73. The van der Waals surface area contributed by atoms with E-state index in [2.05, 4.69) is 6.07 Å². The molecule has 0 N–H and O–H groups in total. The Kier molecular flexibility index (Phi) is 5.66. The minimum absolute atomic E-state index is 0.412. The van der Waals surface area contributed by atoms with E-state index in [4.69, 9.17) is 9.47 Å². The molecule has 0 unspecified atom stereocenters. The third-order valence-corrected chi connectivity index (χ3v) is 3.91. The van der Waals surface area contributed by atoms with Gasteiger partial charge in [-0.05, 0) is 48.0 Å². The van der Waals surface area contributed by atoms with Gasteiger partial charge in [0.2, 0.25) is 0 Å². The molecule has 4 nitrogen and oxygen atoms in total. The summed E-state index contributed by atoms with van der Waals surface area (Å²) in [5.41, 5.74) is 2.38. The molecule has 0 spiro atoms. The summed E-state index contributed by atoms with van der Waals surface area (Å²) in [6.45, 7) is 0. The van der Waals surface area contributed by atoms with E-state index >= 15 is 0 Å². The van der Waals surface area contributed by atoms with E-state index in [1.807, 2.05) is 30.3 Å². The summed E-state index contributed by atoms with van der Waals surface area (Å²) in [6, 6.07) is 25.3. The molecule has 3 aromatic carbocycles. The van der Waals surface area contributed by atoms with Crippen molar-refractivity contribution in [2.45, 2.75) is 0 Å². The molecule has 0 fully saturated rings. The number of ether oxygens (including phenoxy) is 2. The van der Waals surface area contributed by atoms with E-state index in [0.29, 0.717) is 28.2 Å². The summed E-state index contributed by atoms with van der Waals surface area (Å²) in [5, 5.41) is 9.56. The van der Waals surface area contributed by atoms with Crippen LogP contribution in [0.2, 0.25) is 0 Å². The number of para-hydroxylation sites is 1. The van der Waals surface area contributed by atoms with Gasteiger partial charge in [-0.3, -0.25) is 0 Å². The summed E-state index contributed by atoms with van der Waals surface area (Å²) >= 11 is 0. The molecule has 0 heterocycles. The van der Waals surface area contributed by atoms with Crippen molar-refractivity contribution in [1.82, 2.24) is 0 Å². The van der Waals surface area contributed by atoms with E-state index in [1.165, 1.54) is 0 Å². The van der Waals surface area contributed by atoms with E-state index < -0.39 is 5.97 Å². The standard InChI is InChI=1S/C23H17NO3/c1-26-22-13-6-5-12-21(22)19(16-24)14-17-8-7-11-20(15-17)27-23(25)18-9-3-2-4-10-18/h2-15H,1H3/b19-14-. The third-order valence-electron chi connectivity index (χ3n) is 3.91. The van der Waals surface area contributed by atoms with Gasteiger partial charge in [0.15, 0.2) is 0 Å². The Morgan fingerprint density at radius 3 is 2.44 bits per heavy atom. The molecule has 0 atom stereocenters. The van der Waals surface area contributed by atoms with Crippen LogP contribution >= 0.6 is 0 Å². The van der Waals surface area contributed by atoms with Gasteiger partial charge in [0.05, 0.1) is 24.3 Å². The SMILES string of the molecule is COc1ccccc1/C(C#N)=C\c1cccc(OC(=O)c2ccccc2)c1. The number of carbonyl (C=O) groups excluding carboxylic acids is 1. The van der Waals surface area contributed by atoms with Gasteiger partial charge in [-0.25, -0.2) is 4.79 Å². The predicted molar refractivity (Wildman–Crippen MR) is 104 cm³/mol. The Morgan fingerprint density at radius 1 is 0.963 bits per heavy atom. The van der Waals surface area contributed by atoms with Crippen LogP contribution in [0.25, 0.3) is 11.6 Å². The van der Waals surface area contributed by atoms with Crippen molar-refractivity contribution in [3.05, 3.63) is 95.6 Å². The van der Waals surface area contributed by atoms with Crippen LogP contribution in [-0.4, -0.2) is 13.1 Å². The second kappa shape index (κ2) is 8.50. The largest absolute Gasteiger partial charge is 0.496 e. The summed E-state index contributed by atoms with van der Waals surface area (Å²) < 4.78 is 10.8. The molecule has 0 saturated heterocycles. The molecule has 0 aliphatic heterocycles. The Balaban J connectivity index is 1.87. The van der Waals surface area contributed by atoms with Crippen LogP contribution in [0.5, 0.6) is 11.5 Å². The van der Waals surface area contributed by atoms with Crippen molar-refractivity contribution in [2.75, 3.05) is 7.11 Å². The number of methoxy groups -OCH3 is 1. The summed E-state index contributed by atoms with van der Waals surface area (Å²) in [5.74, 6) is 0.605. The molecule has 0 aromatic heterocycles. The molecule has 0 aliphatic rings. The van der Waals surface area contributed by atoms with Crippen LogP contribution in [0.4, 0.5) is 0 Å². The highest BCUT2D eigenvalue weighted by Crippen LogP contribution is 2.27. The molecule has 0 amide bonds. The normalized spacial score (nSPS) is 10.7. The summed E-state index contributed by atoms with van der Waals surface area (Å²) in [7, 11) is 1.57. The highest BCUT2D eigenvalue weighted by Gasteiger charge is 2.10. The first-order valence-corrected chi connectivity index (χ1v) is 8.34. The molecule has 0 radical (unpaired) electrons. The predicted octanol–water partition coefficient (Wildman–Crippen LogP) is 4.98. The van der Waals surface area contributed by atoms with E-state index in [9.17, 15) is 10.1 Å². The van der Waals surface area contributed by atoms with Crippen molar-refractivity contribution < 1.29 is 14.3 Å². The monoisotopic (exact) mass is 355 g/mol. The highest BCUT2D eigenvalue weighted by molar-refractivity contribution is 5.92. The number of esters is 1. The smallest absolute Gasteiger partial charge is 0.343 e. The van der Waals surface area contributed by atoms with Crippen LogP contribution in [0.1, 0.15) is 21.5 Å². The second-order valence-electron chi connectivity index (χ2n) is 5.70. The number of nitrogens with zero attached hydrogens (tertiary/aromatic N) is 1. The zero-order chi connectivity index (χ0) is 19.1. The van der Waals surface area contributed by atoms with E-state index in [0.717, 1.165) is 5.56 Å². The maximum atomic E-state index is 12.2. The van der Waals surface area contributed by atoms with Gasteiger partial charge >= 0.3 is 5.97 Å². The Morgan fingerprint density at radius 2 is 1.70 bits per heavy atom. The molecule has 3 rings (SSSR count). The van der Waals surface area contributed by atoms with Gasteiger partial charge in [-0.15, -0.1) is 0 Å². The molecule has 3 aromatic rings. The zero-order valence-electron chi connectivity index (χ0n) is 14.8. The topological polar surface area (TPSA) is 59.3 Å². The molecular formula is C23H17NO3. The van der Waals surface area contributed by atoms with E-state index in [1.54, 1.807) is 61.7 Å². The maximum absolute atomic E-state index is 12.2. The number of nitriles is 1. The fourth-order valence-electron chi connectivity index (χ4n) is 2.61. The van der Waals surface area contributed by atoms with E-state index in [-0.39, 0.29) is 0 Å². The third kappa shape index (κ3) is 4.42. The van der Waals surface area contributed by atoms with Gasteiger partial charge in [-0.2, -0.15) is 5.26 Å². The van der Waals surface area contributed by atoms with Crippen molar-refractivity contribution in [2.24, 2.45) is 0 Å². The lowest BCUT2D eigenvalue weighted by atomic mass is 10.0. The van der Waals surface area contributed by atoms with Crippen molar-refractivity contribution in [3.63, 3.8) is 0 Å². The van der Waals surface area contributed by atoms with Crippen molar-refractivity contribution in [1.29, 1.82) is 5.26 Å². The van der Waals surface area contributed by atoms with Crippen molar-refractivity contribution >= 4 is 17.6 Å². The molecule has 132 valence electrons. The Bertz CT molecular complexity index is 1020. The first-order chi connectivity index (χ1) is 13.2. The lowest BCUT2D eigenvalue weighted by molar-refractivity contribution is 0.0735. The quantitative estimate of drug-likeness (QED) is 0.280. The van der Waals surface area contributed by atoms with Gasteiger partial charge in [0, 0.05) is 5.56 Å². The fourth-order valence-corrected chi connectivity index (χ4v) is 2.61. The lowest BCUT2D eigenvalue weighted by Crippen LogP contribution is -2.08. The van der Waals surface area contributed by atoms with Gasteiger partial charge in [0.25, 0.3) is 0 Å². The Hall–Kier alpha value is -3.84. The molecular weight excluding hydrogens is 338 g/mol. The minimum atomic E-state index is -0.429. The fraction of sp³-hybridized carbons (Fsp3) is 0.0435. The molecule has 0 aliphatic carbocycles. The second-order valence-corrected chi connectivity index (χ2v) is 5.70. The molecule has 27 heavy (non-hydrogen) atoms. The van der Waals surface area contributed by atoms with Crippen LogP contribution in [0.3, 0.4) is 0 Å². The molecule has 4 heteroatoms. The number of benzene rings is 3. The number of hydrogen-bond donors (Lipinski definition) is 0. The first kappa shape index (κ1) is 18.0. The zero-order valence-corrected chi connectivity index (χ0v) is 14.8. The van der Waals surface area contributed by atoms with Crippen LogP contribution in [-0.2, 0) is 0 Å². The molecule has 0 bridgehead atoms. The summed E-state index contributed by atoms with van der Waals surface area (Å²) in [4.78, 5) is 12.2.